The minimum Gasteiger partial charge on any atom is -0.338 e. The molecule has 5 nitrogen and oxygen atoms in total. The van der Waals surface area contributed by atoms with Crippen LogP contribution in [-0.4, -0.2) is 52.3 Å². The van der Waals surface area contributed by atoms with E-state index in [2.05, 4.69) is 9.88 Å². The topological polar surface area (TPSA) is 53.5 Å². The Labute approximate surface area is 169 Å². The van der Waals surface area contributed by atoms with Crippen LogP contribution >= 0.6 is 0 Å². The Hall–Kier alpha value is -2.76. The zero-order valence-electron chi connectivity index (χ0n) is 16.2. The molecule has 6 heteroatoms. The highest BCUT2D eigenvalue weighted by atomic mass is 19.1. The van der Waals surface area contributed by atoms with Crippen molar-refractivity contribution in [3.05, 3.63) is 65.7 Å². The van der Waals surface area contributed by atoms with Gasteiger partial charge in [0.05, 0.1) is 5.56 Å². The number of carbonyl (C=O) groups is 2. The molecule has 2 amide bonds. The van der Waals surface area contributed by atoms with Gasteiger partial charge in [-0.25, -0.2) is 4.39 Å². The van der Waals surface area contributed by atoms with E-state index in [4.69, 9.17) is 0 Å². The summed E-state index contributed by atoms with van der Waals surface area (Å²) in [5.74, 6) is 0.451. The highest BCUT2D eigenvalue weighted by Gasteiger charge is 2.49. The molecule has 2 aromatic rings. The van der Waals surface area contributed by atoms with Gasteiger partial charge in [-0.1, -0.05) is 12.1 Å². The first kappa shape index (κ1) is 18.3. The molecule has 1 saturated carbocycles. The molecular formula is C23H24FN3O2. The summed E-state index contributed by atoms with van der Waals surface area (Å²) in [7, 11) is 0. The van der Waals surface area contributed by atoms with Crippen molar-refractivity contribution in [1.29, 1.82) is 0 Å². The van der Waals surface area contributed by atoms with E-state index in [-0.39, 0.29) is 41.4 Å². The molecule has 0 bridgehead atoms. The molecule has 3 aliphatic rings. The summed E-state index contributed by atoms with van der Waals surface area (Å²) in [5, 5.41) is 0. The highest BCUT2D eigenvalue weighted by molar-refractivity contribution is 5.94. The van der Waals surface area contributed by atoms with E-state index in [9.17, 15) is 14.0 Å². The van der Waals surface area contributed by atoms with Gasteiger partial charge in [-0.15, -0.1) is 0 Å². The average Bonchev–Trinajstić information content (AvgIpc) is 3.54. The van der Waals surface area contributed by atoms with Gasteiger partial charge in [0.1, 0.15) is 5.82 Å². The first-order chi connectivity index (χ1) is 14.1. The lowest BCUT2D eigenvalue weighted by atomic mass is 9.81. The second-order valence-electron chi connectivity index (χ2n) is 8.44. The van der Waals surface area contributed by atoms with Crippen molar-refractivity contribution in [1.82, 2.24) is 14.8 Å². The van der Waals surface area contributed by atoms with Gasteiger partial charge in [0.2, 0.25) is 5.91 Å². The predicted molar refractivity (Wildman–Crippen MR) is 106 cm³/mol. The third-order valence-electron chi connectivity index (χ3n) is 6.63. The van der Waals surface area contributed by atoms with Crippen LogP contribution in [0.15, 0.2) is 48.8 Å². The van der Waals surface area contributed by atoms with E-state index in [1.807, 2.05) is 17.0 Å². The van der Waals surface area contributed by atoms with Crippen LogP contribution in [0.1, 0.15) is 41.1 Å². The van der Waals surface area contributed by atoms with Crippen LogP contribution in [0.5, 0.6) is 0 Å². The number of hydrogen-bond acceptors (Lipinski definition) is 3. The van der Waals surface area contributed by atoms with E-state index < -0.39 is 0 Å². The molecule has 1 aromatic carbocycles. The Kier molecular flexibility index (Phi) is 4.57. The Morgan fingerprint density at radius 1 is 1.03 bits per heavy atom. The van der Waals surface area contributed by atoms with Crippen molar-refractivity contribution < 1.29 is 14.0 Å². The van der Waals surface area contributed by atoms with Gasteiger partial charge in [0.15, 0.2) is 0 Å². The number of rotatable bonds is 3. The maximum absolute atomic E-state index is 13.5. The number of benzene rings is 1. The minimum atomic E-state index is -0.258. The molecule has 3 heterocycles. The van der Waals surface area contributed by atoms with Crippen LogP contribution in [0.25, 0.3) is 0 Å². The summed E-state index contributed by atoms with van der Waals surface area (Å²) in [4.78, 5) is 33.9. The molecule has 150 valence electrons. The fraction of sp³-hybridized carbons (Fsp3) is 0.435. The van der Waals surface area contributed by atoms with Gasteiger partial charge in [0, 0.05) is 55.8 Å². The number of hydrogen-bond donors (Lipinski definition) is 0. The van der Waals surface area contributed by atoms with Gasteiger partial charge < -0.3 is 9.80 Å². The number of nitrogens with zero attached hydrogens (tertiary/aromatic N) is 3. The van der Waals surface area contributed by atoms with Crippen molar-refractivity contribution in [3.8, 4) is 0 Å². The molecule has 0 spiro atoms. The smallest absolute Gasteiger partial charge is 0.255 e. The molecule has 1 aromatic heterocycles. The number of halogens is 1. The van der Waals surface area contributed by atoms with E-state index in [1.165, 1.54) is 12.1 Å². The molecule has 0 radical (unpaired) electrons. The molecule has 0 unspecified atom stereocenters. The number of likely N-dealkylation sites (tertiary alicyclic amines) is 2. The van der Waals surface area contributed by atoms with Crippen molar-refractivity contribution in [3.63, 3.8) is 0 Å². The van der Waals surface area contributed by atoms with Gasteiger partial charge in [0.25, 0.3) is 5.91 Å². The fourth-order valence-electron chi connectivity index (χ4n) is 4.97. The summed E-state index contributed by atoms with van der Waals surface area (Å²) >= 11 is 0. The third kappa shape index (κ3) is 3.41. The quantitative estimate of drug-likeness (QED) is 0.805. The SMILES string of the molecule is O=C(c1cccnc1)N1CC[C@@H]2[C@H](C1)[C@@H](c1ccc(F)cc1)CN2C(=O)C1CC1. The Morgan fingerprint density at radius 3 is 2.52 bits per heavy atom. The summed E-state index contributed by atoms with van der Waals surface area (Å²) < 4.78 is 13.5. The van der Waals surface area contributed by atoms with Crippen molar-refractivity contribution >= 4 is 11.8 Å². The standard InChI is InChI=1S/C23H24FN3O2/c24-18-7-5-15(6-8-18)19-14-27(23(29)16-3-4-16)21-9-11-26(13-20(19)21)22(28)17-2-1-10-25-12-17/h1-2,5-8,10,12,16,19-21H,3-4,9,11,13-14H2/t19-,20-,21-/m1/s1. The lowest BCUT2D eigenvalue weighted by Gasteiger charge is -2.39. The number of pyridine rings is 1. The summed E-state index contributed by atoms with van der Waals surface area (Å²) in [6.45, 7) is 1.90. The Bertz CT molecular complexity index is 913. The normalized spacial score (nSPS) is 26.3. The van der Waals surface area contributed by atoms with Crippen molar-refractivity contribution in [2.24, 2.45) is 11.8 Å². The van der Waals surface area contributed by atoms with Crippen molar-refractivity contribution in [2.45, 2.75) is 31.2 Å². The van der Waals surface area contributed by atoms with E-state index in [0.717, 1.165) is 24.8 Å². The van der Waals surface area contributed by atoms with E-state index in [1.54, 1.807) is 24.5 Å². The molecule has 3 fully saturated rings. The molecule has 3 atom stereocenters. The lowest BCUT2D eigenvalue weighted by molar-refractivity contribution is -0.134. The Morgan fingerprint density at radius 2 is 1.83 bits per heavy atom. The maximum atomic E-state index is 13.5. The van der Waals surface area contributed by atoms with Gasteiger partial charge >= 0.3 is 0 Å². The predicted octanol–water partition coefficient (Wildman–Crippen LogP) is 3.09. The van der Waals surface area contributed by atoms with Crippen LogP contribution < -0.4 is 0 Å². The number of fused-ring (bicyclic) bond motifs is 1. The van der Waals surface area contributed by atoms with Crippen LogP contribution in [0.2, 0.25) is 0 Å². The Balaban J connectivity index is 1.42. The largest absolute Gasteiger partial charge is 0.338 e. The number of carbonyl (C=O) groups excluding carboxylic acids is 2. The molecular weight excluding hydrogens is 369 g/mol. The molecule has 2 saturated heterocycles. The average molecular weight is 393 g/mol. The lowest BCUT2D eigenvalue weighted by Crippen LogP contribution is -2.50. The molecule has 2 aliphatic heterocycles. The first-order valence-electron chi connectivity index (χ1n) is 10.4. The van der Waals surface area contributed by atoms with Crippen molar-refractivity contribution in [2.75, 3.05) is 19.6 Å². The van der Waals surface area contributed by atoms with Crippen LogP contribution in [-0.2, 0) is 4.79 Å². The molecule has 29 heavy (non-hydrogen) atoms. The van der Waals surface area contributed by atoms with Gasteiger partial charge in [-0.3, -0.25) is 14.6 Å². The maximum Gasteiger partial charge on any atom is 0.255 e. The van der Waals surface area contributed by atoms with Crippen LogP contribution in [0.3, 0.4) is 0 Å². The second-order valence-corrected chi connectivity index (χ2v) is 8.44. The summed E-state index contributed by atoms with van der Waals surface area (Å²) in [6, 6.07) is 10.3. The molecule has 5 rings (SSSR count). The third-order valence-corrected chi connectivity index (χ3v) is 6.63. The van der Waals surface area contributed by atoms with Crippen LogP contribution in [0.4, 0.5) is 4.39 Å². The summed E-state index contributed by atoms with van der Waals surface area (Å²) in [5.41, 5.74) is 1.64. The number of aromatic nitrogens is 1. The highest BCUT2D eigenvalue weighted by Crippen LogP contribution is 2.44. The first-order valence-corrected chi connectivity index (χ1v) is 10.4. The van der Waals surface area contributed by atoms with Gasteiger partial charge in [-0.05, 0) is 49.1 Å². The number of piperidine rings is 1. The molecule has 1 aliphatic carbocycles. The van der Waals surface area contributed by atoms with E-state index >= 15 is 0 Å². The zero-order chi connectivity index (χ0) is 20.0. The number of amides is 2. The summed E-state index contributed by atoms with van der Waals surface area (Å²) in [6.07, 6.45) is 6.02. The van der Waals surface area contributed by atoms with Crippen LogP contribution in [0, 0.1) is 17.7 Å². The fourth-order valence-corrected chi connectivity index (χ4v) is 4.97. The minimum absolute atomic E-state index is 0.0126. The zero-order valence-corrected chi connectivity index (χ0v) is 16.2. The second kappa shape index (κ2) is 7.25. The molecule has 0 N–H and O–H groups in total. The monoisotopic (exact) mass is 393 g/mol. The van der Waals surface area contributed by atoms with E-state index in [0.29, 0.717) is 25.2 Å². The van der Waals surface area contributed by atoms with Gasteiger partial charge in [-0.2, -0.15) is 0 Å².